The predicted molar refractivity (Wildman–Crippen MR) is 85.2 cm³/mol. The van der Waals surface area contributed by atoms with Gasteiger partial charge in [-0.15, -0.1) is 0 Å². The van der Waals surface area contributed by atoms with Crippen LogP contribution in [0.4, 0.5) is 10.1 Å². The van der Waals surface area contributed by atoms with Crippen LogP contribution in [0.15, 0.2) is 24.3 Å². The van der Waals surface area contributed by atoms with E-state index in [1.165, 1.54) is 29.2 Å². The van der Waals surface area contributed by atoms with Crippen molar-refractivity contribution in [3.8, 4) is 6.19 Å². The average molecular weight is 330 g/mol. The standard InChI is InChI=1S/C17H19FN4O2/c18-14-3-5-15(6-4-14)22(12-19)11-16(23)20-7-9-21(10-8-20)17(24)13-1-2-13/h3-6,13H,1-2,7-11H2. The van der Waals surface area contributed by atoms with Crippen molar-refractivity contribution in [3.63, 3.8) is 0 Å². The van der Waals surface area contributed by atoms with Crippen LogP contribution in [0.2, 0.25) is 0 Å². The van der Waals surface area contributed by atoms with Gasteiger partial charge in [0.15, 0.2) is 6.19 Å². The van der Waals surface area contributed by atoms with Gasteiger partial charge in [-0.3, -0.25) is 14.5 Å². The molecule has 1 saturated carbocycles. The maximum Gasteiger partial charge on any atom is 0.243 e. The molecule has 0 radical (unpaired) electrons. The Bertz CT molecular complexity index is 658. The van der Waals surface area contributed by atoms with Crippen LogP contribution in [0, 0.1) is 23.2 Å². The summed E-state index contributed by atoms with van der Waals surface area (Å²) in [6.45, 7) is 1.98. The quantitative estimate of drug-likeness (QED) is 0.614. The maximum atomic E-state index is 13.0. The molecule has 2 aliphatic rings. The molecule has 2 fully saturated rings. The second-order valence-corrected chi connectivity index (χ2v) is 6.14. The number of halogens is 1. The summed E-state index contributed by atoms with van der Waals surface area (Å²) in [6, 6.07) is 5.45. The third-order valence-corrected chi connectivity index (χ3v) is 4.42. The lowest BCUT2D eigenvalue weighted by molar-refractivity contribution is -0.139. The summed E-state index contributed by atoms with van der Waals surface area (Å²) in [5.74, 6) is -0.161. The van der Waals surface area contributed by atoms with E-state index in [1.54, 1.807) is 4.90 Å². The molecular weight excluding hydrogens is 311 g/mol. The Balaban J connectivity index is 1.54. The second kappa shape index (κ2) is 6.87. The van der Waals surface area contributed by atoms with E-state index in [-0.39, 0.29) is 30.1 Å². The first-order valence-corrected chi connectivity index (χ1v) is 8.08. The van der Waals surface area contributed by atoms with E-state index in [9.17, 15) is 19.2 Å². The van der Waals surface area contributed by atoms with Crippen LogP contribution in [-0.4, -0.2) is 54.3 Å². The third kappa shape index (κ3) is 3.65. The number of carbonyl (C=O) groups excluding carboxylic acids is 2. The van der Waals surface area contributed by atoms with Crippen molar-refractivity contribution in [2.45, 2.75) is 12.8 Å². The van der Waals surface area contributed by atoms with Crippen LogP contribution < -0.4 is 4.90 Å². The van der Waals surface area contributed by atoms with Crippen molar-refractivity contribution in [2.24, 2.45) is 5.92 Å². The zero-order valence-corrected chi connectivity index (χ0v) is 13.3. The Morgan fingerprint density at radius 1 is 1.12 bits per heavy atom. The SMILES string of the molecule is N#CN(CC(=O)N1CCN(C(=O)C2CC2)CC1)c1ccc(F)cc1. The fourth-order valence-corrected chi connectivity index (χ4v) is 2.81. The van der Waals surface area contributed by atoms with Crippen LogP contribution in [0.3, 0.4) is 0 Å². The molecule has 1 aromatic carbocycles. The van der Waals surface area contributed by atoms with E-state index in [0.29, 0.717) is 31.9 Å². The fraction of sp³-hybridized carbons (Fsp3) is 0.471. The number of amides is 2. The first-order valence-electron chi connectivity index (χ1n) is 8.08. The van der Waals surface area contributed by atoms with E-state index in [1.807, 2.05) is 11.1 Å². The Labute approximate surface area is 140 Å². The molecule has 0 spiro atoms. The van der Waals surface area contributed by atoms with Crippen molar-refractivity contribution >= 4 is 17.5 Å². The highest BCUT2D eigenvalue weighted by atomic mass is 19.1. The normalized spacial score (nSPS) is 17.3. The lowest BCUT2D eigenvalue weighted by Crippen LogP contribution is -2.52. The molecular formula is C17H19FN4O2. The highest BCUT2D eigenvalue weighted by Gasteiger charge is 2.35. The zero-order valence-electron chi connectivity index (χ0n) is 13.3. The van der Waals surface area contributed by atoms with Gasteiger partial charge in [0.2, 0.25) is 11.8 Å². The minimum absolute atomic E-state index is 0.0846. The van der Waals surface area contributed by atoms with Gasteiger partial charge in [0.1, 0.15) is 12.4 Å². The molecule has 3 rings (SSSR count). The third-order valence-electron chi connectivity index (χ3n) is 4.42. The van der Waals surface area contributed by atoms with E-state index in [4.69, 9.17) is 0 Å². The molecule has 24 heavy (non-hydrogen) atoms. The van der Waals surface area contributed by atoms with Crippen molar-refractivity contribution in [1.29, 1.82) is 5.26 Å². The van der Waals surface area contributed by atoms with Gasteiger partial charge in [-0.25, -0.2) is 4.39 Å². The minimum Gasteiger partial charge on any atom is -0.339 e. The molecule has 0 bridgehead atoms. The Morgan fingerprint density at radius 3 is 2.25 bits per heavy atom. The number of nitrogens with zero attached hydrogens (tertiary/aromatic N) is 4. The first kappa shape index (κ1) is 16.2. The summed E-state index contributed by atoms with van der Waals surface area (Å²) in [4.78, 5) is 29.1. The summed E-state index contributed by atoms with van der Waals surface area (Å²) in [5, 5.41) is 9.24. The van der Waals surface area contributed by atoms with E-state index >= 15 is 0 Å². The molecule has 1 heterocycles. The second-order valence-electron chi connectivity index (χ2n) is 6.14. The number of hydrogen-bond donors (Lipinski definition) is 0. The Morgan fingerprint density at radius 2 is 1.71 bits per heavy atom. The van der Waals surface area contributed by atoms with Gasteiger partial charge in [-0.05, 0) is 37.1 Å². The van der Waals surface area contributed by atoms with E-state index < -0.39 is 0 Å². The monoisotopic (exact) mass is 330 g/mol. The van der Waals surface area contributed by atoms with Gasteiger partial charge >= 0.3 is 0 Å². The van der Waals surface area contributed by atoms with Gasteiger partial charge in [0.25, 0.3) is 0 Å². The smallest absolute Gasteiger partial charge is 0.243 e. The number of piperazine rings is 1. The maximum absolute atomic E-state index is 13.0. The molecule has 0 atom stereocenters. The molecule has 7 heteroatoms. The number of anilines is 1. The summed E-state index contributed by atoms with van der Waals surface area (Å²) in [5.41, 5.74) is 0.481. The molecule has 1 aliphatic heterocycles. The zero-order chi connectivity index (χ0) is 17.1. The first-order chi connectivity index (χ1) is 11.6. The van der Waals surface area contributed by atoms with Crippen LogP contribution in [-0.2, 0) is 9.59 Å². The highest BCUT2D eigenvalue weighted by molar-refractivity contribution is 5.84. The number of nitriles is 1. The highest BCUT2D eigenvalue weighted by Crippen LogP contribution is 2.31. The molecule has 6 nitrogen and oxygen atoms in total. The largest absolute Gasteiger partial charge is 0.339 e. The molecule has 0 N–H and O–H groups in total. The van der Waals surface area contributed by atoms with Crippen LogP contribution in [0.5, 0.6) is 0 Å². The number of benzene rings is 1. The Kier molecular flexibility index (Phi) is 4.65. The van der Waals surface area contributed by atoms with Crippen molar-refractivity contribution in [3.05, 3.63) is 30.1 Å². The molecule has 0 unspecified atom stereocenters. The van der Waals surface area contributed by atoms with Gasteiger partial charge in [0.05, 0.1) is 5.69 Å². The van der Waals surface area contributed by atoms with Crippen LogP contribution >= 0.6 is 0 Å². The van der Waals surface area contributed by atoms with Gasteiger partial charge in [-0.1, -0.05) is 0 Å². The van der Waals surface area contributed by atoms with Gasteiger partial charge in [-0.2, -0.15) is 5.26 Å². The van der Waals surface area contributed by atoms with Gasteiger partial charge in [0, 0.05) is 32.1 Å². The van der Waals surface area contributed by atoms with Crippen molar-refractivity contribution < 1.29 is 14.0 Å². The molecule has 2 amide bonds. The van der Waals surface area contributed by atoms with Crippen LogP contribution in [0.25, 0.3) is 0 Å². The van der Waals surface area contributed by atoms with E-state index in [2.05, 4.69) is 0 Å². The van der Waals surface area contributed by atoms with Crippen molar-refractivity contribution in [1.82, 2.24) is 9.80 Å². The molecule has 1 aromatic rings. The summed E-state index contributed by atoms with van der Waals surface area (Å²) in [6.07, 6.45) is 3.91. The molecule has 1 saturated heterocycles. The topological polar surface area (TPSA) is 67.7 Å². The fourth-order valence-electron chi connectivity index (χ4n) is 2.81. The Hall–Kier alpha value is -2.62. The lowest BCUT2D eigenvalue weighted by atomic mass is 10.2. The van der Waals surface area contributed by atoms with Gasteiger partial charge < -0.3 is 9.80 Å². The minimum atomic E-state index is -0.389. The van der Waals surface area contributed by atoms with Crippen molar-refractivity contribution in [2.75, 3.05) is 37.6 Å². The van der Waals surface area contributed by atoms with E-state index in [0.717, 1.165) is 12.8 Å². The number of carbonyl (C=O) groups is 2. The molecule has 1 aliphatic carbocycles. The molecule has 0 aromatic heterocycles. The summed E-state index contributed by atoms with van der Waals surface area (Å²) < 4.78 is 13.0. The molecule has 126 valence electrons. The summed E-state index contributed by atoms with van der Waals surface area (Å²) >= 11 is 0. The lowest BCUT2D eigenvalue weighted by Gasteiger charge is -2.35. The number of rotatable bonds is 4. The number of hydrogen-bond acceptors (Lipinski definition) is 4. The van der Waals surface area contributed by atoms with Crippen LogP contribution in [0.1, 0.15) is 12.8 Å². The predicted octanol–water partition coefficient (Wildman–Crippen LogP) is 1.19. The average Bonchev–Trinajstić information content (AvgIpc) is 3.45. The summed E-state index contributed by atoms with van der Waals surface area (Å²) in [7, 11) is 0.